The highest BCUT2D eigenvalue weighted by Crippen LogP contribution is 2.30. The second-order valence-electron chi connectivity index (χ2n) is 8.18. The largest absolute Gasteiger partial charge is 0.367 e. The molecule has 2 aliphatic heterocycles. The van der Waals surface area contributed by atoms with Crippen LogP contribution in [0, 0.1) is 5.92 Å². The van der Waals surface area contributed by atoms with Crippen LogP contribution >= 0.6 is 23.1 Å². The first-order valence-electron chi connectivity index (χ1n) is 10.8. The fourth-order valence-electron chi connectivity index (χ4n) is 4.36. The summed E-state index contributed by atoms with van der Waals surface area (Å²) < 4.78 is 0. The molecule has 0 radical (unpaired) electrons. The van der Waals surface area contributed by atoms with E-state index in [1.54, 1.807) is 16.7 Å². The van der Waals surface area contributed by atoms with Crippen LogP contribution in [0.3, 0.4) is 0 Å². The minimum Gasteiger partial charge on any atom is -0.367 e. The van der Waals surface area contributed by atoms with Crippen molar-refractivity contribution in [3.8, 4) is 0 Å². The Morgan fingerprint density at radius 1 is 1.06 bits per heavy atom. The Hall–Kier alpha value is -2.77. The molecule has 1 saturated heterocycles. The summed E-state index contributed by atoms with van der Waals surface area (Å²) in [5.74, 6) is -0.452. The van der Waals surface area contributed by atoms with E-state index in [4.69, 9.17) is 0 Å². The number of thiophene rings is 1. The number of anilines is 3. The molecule has 2 aliphatic rings. The number of benzene rings is 2. The molecule has 1 fully saturated rings. The third-order valence-electron chi connectivity index (χ3n) is 6.19. The van der Waals surface area contributed by atoms with E-state index in [-0.39, 0.29) is 24.2 Å². The zero-order valence-electron chi connectivity index (χ0n) is 17.9. The van der Waals surface area contributed by atoms with Gasteiger partial charge in [0.2, 0.25) is 11.8 Å². The number of rotatable bonds is 5. The Balaban J connectivity index is 1.20. The van der Waals surface area contributed by atoms with Crippen molar-refractivity contribution >= 4 is 52.0 Å². The third kappa shape index (κ3) is 4.27. The van der Waals surface area contributed by atoms with Crippen molar-refractivity contribution < 1.29 is 9.59 Å². The van der Waals surface area contributed by atoms with Gasteiger partial charge in [0.15, 0.2) is 0 Å². The lowest BCUT2D eigenvalue weighted by molar-refractivity contribution is -0.122. The van der Waals surface area contributed by atoms with Gasteiger partial charge < -0.3 is 15.1 Å². The Bertz CT molecular complexity index is 1120. The van der Waals surface area contributed by atoms with Crippen LogP contribution in [0.1, 0.15) is 16.9 Å². The van der Waals surface area contributed by atoms with Gasteiger partial charge >= 0.3 is 0 Å². The van der Waals surface area contributed by atoms with Gasteiger partial charge in [-0.1, -0.05) is 0 Å². The molecular formula is C25H25N3O2S2. The quantitative estimate of drug-likeness (QED) is 0.540. The first-order valence-corrected chi connectivity index (χ1v) is 12.9. The molecule has 164 valence electrons. The lowest BCUT2D eigenvalue weighted by atomic mass is 10.1. The van der Waals surface area contributed by atoms with Crippen LogP contribution in [0.25, 0.3) is 0 Å². The third-order valence-corrected chi connectivity index (χ3v) is 7.95. The summed E-state index contributed by atoms with van der Waals surface area (Å²) in [6, 6.07) is 18.1. The van der Waals surface area contributed by atoms with E-state index in [1.165, 1.54) is 10.4 Å². The molecule has 3 aromatic rings. The van der Waals surface area contributed by atoms with Crippen molar-refractivity contribution in [2.75, 3.05) is 34.5 Å². The number of carbonyl (C=O) groups excluding carboxylic acids is 2. The highest BCUT2D eigenvalue weighted by Gasteiger charge is 2.35. The highest BCUT2D eigenvalue weighted by molar-refractivity contribution is 7.98. The number of hydrogen-bond donors (Lipinski definition) is 1. The molecule has 5 rings (SSSR count). The summed E-state index contributed by atoms with van der Waals surface area (Å²) >= 11 is 3.51. The molecule has 1 unspecified atom stereocenters. The SMILES string of the molecule is CSc1ccc(N2CC(C(=O)Nc3ccc(N4CCc5sccc5C4)cc3)CC2=O)cc1. The van der Waals surface area contributed by atoms with E-state index in [1.807, 2.05) is 54.0 Å². The van der Waals surface area contributed by atoms with Gasteiger partial charge in [-0.3, -0.25) is 9.59 Å². The number of thioether (sulfide) groups is 1. The lowest BCUT2D eigenvalue weighted by Crippen LogP contribution is -2.29. The molecule has 2 amide bonds. The molecule has 1 atom stereocenters. The van der Waals surface area contributed by atoms with Crippen LogP contribution in [0.2, 0.25) is 0 Å². The molecule has 0 bridgehead atoms. The smallest absolute Gasteiger partial charge is 0.229 e. The minimum atomic E-state index is -0.346. The molecule has 0 aliphatic carbocycles. The molecule has 3 heterocycles. The number of carbonyl (C=O) groups is 2. The maximum Gasteiger partial charge on any atom is 0.229 e. The van der Waals surface area contributed by atoms with Crippen molar-refractivity contribution in [3.63, 3.8) is 0 Å². The van der Waals surface area contributed by atoms with Crippen molar-refractivity contribution in [2.24, 2.45) is 5.92 Å². The Morgan fingerprint density at radius 2 is 1.81 bits per heavy atom. The molecule has 1 N–H and O–H groups in total. The molecule has 1 aromatic heterocycles. The van der Waals surface area contributed by atoms with Crippen LogP contribution < -0.4 is 15.1 Å². The van der Waals surface area contributed by atoms with Gasteiger partial charge in [-0.2, -0.15) is 0 Å². The van der Waals surface area contributed by atoms with Crippen LogP contribution in [0.15, 0.2) is 64.9 Å². The lowest BCUT2D eigenvalue weighted by Gasteiger charge is -2.29. The summed E-state index contributed by atoms with van der Waals surface area (Å²) in [5, 5.41) is 5.17. The normalized spacial score (nSPS) is 18.0. The van der Waals surface area contributed by atoms with E-state index in [2.05, 4.69) is 33.8 Å². The summed E-state index contributed by atoms with van der Waals surface area (Å²) in [7, 11) is 0. The number of nitrogens with zero attached hydrogens (tertiary/aromatic N) is 2. The van der Waals surface area contributed by atoms with E-state index in [0.29, 0.717) is 6.54 Å². The average molecular weight is 464 g/mol. The Kier molecular flexibility index (Phi) is 5.93. The van der Waals surface area contributed by atoms with Crippen molar-refractivity contribution in [2.45, 2.75) is 24.3 Å². The van der Waals surface area contributed by atoms with E-state index in [9.17, 15) is 9.59 Å². The molecule has 0 spiro atoms. The van der Waals surface area contributed by atoms with Crippen molar-refractivity contribution in [3.05, 3.63) is 70.4 Å². The van der Waals surface area contributed by atoms with Crippen molar-refractivity contribution in [1.29, 1.82) is 0 Å². The number of amides is 2. The van der Waals surface area contributed by atoms with Crippen molar-refractivity contribution in [1.82, 2.24) is 0 Å². The van der Waals surface area contributed by atoms with Crippen LogP contribution in [-0.2, 0) is 22.6 Å². The first kappa shape index (κ1) is 21.1. The van der Waals surface area contributed by atoms with Gasteiger partial charge in [-0.05, 0) is 78.2 Å². The first-order chi connectivity index (χ1) is 15.6. The molecule has 7 heteroatoms. The fraction of sp³-hybridized carbons (Fsp3) is 0.280. The zero-order chi connectivity index (χ0) is 22.1. The van der Waals surface area contributed by atoms with Gasteiger partial charge in [-0.25, -0.2) is 0 Å². The topological polar surface area (TPSA) is 52.7 Å². The highest BCUT2D eigenvalue weighted by atomic mass is 32.2. The van der Waals surface area contributed by atoms with Crippen LogP contribution in [0.5, 0.6) is 0 Å². The fourth-order valence-corrected chi connectivity index (χ4v) is 5.66. The van der Waals surface area contributed by atoms with E-state index in [0.717, 1.165) is 41.5 Å². The number of hydrogen-bond acceptors (Lipinski definition) is 5. The zero-order valence-corrected chi connectivity index (χ0v) is 19.5. The van der Waals surface area contributed by atoms with Gasteiger partial charge in [0, 0.05) is 52.9 Å². The number of fused-ring (bicyclic) bond motifs is 1. The molecule has 32 heavy (non-hydrogen) atoms. The Labute approximate surface area is 196 Å². The van der Waals surface area contributed by atoms with Crippen LogP contribution in [0.4, 0.5) is 17.1 Å². The van der Waals surface area contributed by atoms with E-state index < -0.39 is 0 Å². The maximum absolute atomic E-state index is 12.8. The van der Waals surface area contributed by atoms with E-state index >= 15 is 0 Å². The summed E-state index contributed by atoms with van der Waals surface area (Å²) in [6.07, 6.45) is 3.34. The Morgan fingerprint density at radius 3 is 2.56 bits per heavy atom. The van der Waals surface area contributed by atoms with Gasteiger partial charge in [0.25, 0.3) is 0 Å². The predicted molar refractivity (Wildman–Crippen MR) is 133 cm³/mol. The van der Waals surface area contributed by atoms with Gasteiger partial charge in [-0.15, -0.1) is 23.1 Å². The second-order valence-corrected chi connectivity index (χ2v) is 10.1. The standard InChI is InChI=1S/C25H25N3O2S2/c1-31-22-8-6-21(7-9-22)28-16-18(14-24(28)29)25(30)26-19-2-4-20(5-3-19)27-12-10-23-17(15-27)11-13-32-23/h2-9,11,13,18H,10,12,14-16H2,1H3,(H,26,30). The molecule has 5 nitrogen and oxygen atoms in total. The second kappa shape index (κ2) is 9.00. The molecule has 2 aromatic carbocycles. The predicted octanol–water partition coefficient (Wildman–Crippen LogP) is 5.02. The monoisotopic (exact) mass is 463 g/mol. The molecule has 0 saturated carbocycles. The summed E-state index contributed by atoms with van der Waals surface area (Å²) in [4.78, 5) is 32.1. The maximum atomic E-state index is 12.8. The van der Waals surface area contributed by atoms with Gasteiger partial charge in [0.1, 0.15) is 0 Å². The minimum absolute atomic E-state index is 0.00435. The summed E-state index contributed by atoms with van der Waals surface area (Å²) in [6.45, 7) is 2.36. The van der Waals surface area contributed by atoms with Crippen LogP contribution in [-0.4, -0.2) is 31.2 Å². The summed E-state index contributed by atoms with van der Waals surface area (Å²) in [5.41, 5.74) is 4.19. The average Bonchev–Trinajstić information content (AvgIpc) is 3.45. The number of nitrogens with one attached hydrogen (secondary N) is 1. The van der Waals surface area contributed by atoms with Gasteiger partial charge in [0.05, 0.1) is 5.92 Å². The molecular weight excluding hydrogens is 438 g/mol.